The maximum Gasteiger partial charge on any atom is 0.311 e. The van der Waals surface area contributed by atoms with Crippen LogP contribution in [0.25, 0.3) is 0 Å². The monoisotopic (exact) mass is 420 g/mol. The van der Waals surface area contributed by atoms with Crippen molar-refractivity contribution < 1.29 is 9.53 Å². The molecule has 0 unspecified atom stereocenters. The van der Waals surface area contributed by atoms with Gasteiger partial charge in [0.15, 0.2) is 0 Å². The van der Waals surface area contributed by atoms with Gasteiger partial charge in [-0.1, -0.05) is 85.4 Å². The van der Waals surface area contributed by atoms with E-state index in [0.29, 0.717) is 12.2 Å². The minimum atomic E-state index is -0.168. The molecule has 0 aliphatic heterocycles. The second-order valence-corrected chi connectivity index (χ2v) is 7.79. The van der Waals surface area contributed by atoms with Crippen molar-refractivity contribution in [1.29, 1.82) is 0 Å². The third-order valence-corrected chi connectivity index (χ3v) is 4.72. The number of benzene rings is 1. The van der Waals surface area contributed by atoms with Crippen LogP contribution in [0.4, 0.5) is 0 Å². The maximum atomic E-state index is 12.1. The Kier molecular flexibility index (Phi) is 14.6. The molecule has 1 aromatic rings. The Morgan fingerprint density at radius 1 is 0.710 bits per heavy atom. The zero-order valence-corrected chi connectivity index (χ0v) is 19.9. The number of hydrogen-bond acceptors (Lipinski definition) is 2. The number of carbonyl (C=O) groups is 1. The van der Waals surface area contributed by atoms with Crippen molar-refractivity contribution in [3.8, 4) is 5.75 Å². The smallest absolute Gasteiger partial charge is 0.311 e. The fraction of sp³-hybridized carbons (Fsp3) is 0.414. The summed E-state index contributed by atoms with van der Waals surface area (Å²) in [6.07, 6.45) is 29.2. The highest BCUT2D eigenvalue weighted by Crippen LogP contribution is 2.25. The van der Waals surface area contributed by atoms with Crippen molar-refractivity contribution in [3.05, 3.63) is 89.6 Å². The van der Waals surface area contributed by atoms with Gasteiger partial charge >= 0.3 is 5.97 Å². The van der Waals surface area contributed by atoms with Crippen LogP contribution in [0.1, 0.15) is 75.0 Å². The van der Waals surface area contributed by atoms with Gasteiger partial charge in [-0.05, 0) is 76.8 Å². The van der Waals surface area contributed by atoms with Gasteiger partial charge in [0.2, 0.25) is 0 Å². The molecule has 0 saturated heterocycles. The molecule has 0 radical (unpaired) electrons. The van der Waals surface area contributed by atoms with Gasteiger partial charge in [-0.3, -0.25) is 4.79 Å². The molecular formula is C29H40O2. The number of ether oxygens (including phenoxy) is 1. The predicted octanol–water partition coefficient (Wildman–Crippen LogP) is 8.44. The van der Waals surface area contributed by atoms with E-state index in [4.69, 9.17) is 4.74 Å². The first-order valence-electron chi connectivity index (χ1n) is 11.6. The molecule has 1 aromatic carbocycles. The van der Waals surface area contributed by atoms with Crippen molar-refractivity contribution in [1.82, 2.24) is 0 Å². The second kappa shape index (κ2) is 17.1. The molecular weight excluding hydrogens is 380 g/mol. The van der Waals surface area contributed by atoms with Crippen LogP contribution in [0.5, 0.6) is 5.75 Å². The maximum absolute atomic E-state index is 12.1. The summed E-state index contributed by atoms with van der Waals surface area (Å²) in [6.45, 7) is 8.17. The zero-order valence-electron chi connectivity index (χ0n) is 19.9. The Bertz CT molecular complexity index is 768. The summed E-state index contributed by atoms with van der Waals surface area (Å²) in [5.74, 6) is 0.539. The number of hydrogen-bond donors (Lipinski definition) is 0. The summed E-state index contributed by atoms with van der Waals surface area (Å²) >= 11 is 0. The average molecular weight is 421 g/mol. The van der Waals surface area contributed by atoms with E-state index in [2.05, 4.69) is 74.6 Å². The van der Waals surface area contributed by atoms with E-state index < -0.39 is 0 Å². The van der Waals surface area contributed by atoms with Crippen LogP contribution < -0.4 is 4.74 Å². The standard InChI is InChI=1S/C29H40O2/c1-5-6-7-8-9-10-11-12-13-14-15-16-17-18-19-20-21-22-28(30)31-29-26(3)23-25(2)24-27(29)4/h6-7,9-10,12-13,15-16,19-20,23-24H,5,8,11,14,17-18,21-22H2,1-4H3/b7-6-,10-9-,13-12-,16-15-,20-19-. The number of aryl methyl sites for hydroxylation is 3. The third kappa shape index (κ3) is 13.3. The first-order valence-corrected chi connectivity index (χ1v) is 11.6. The van der Waals surface area contributed by atoms with Crippen molar-refractivity contribution >= 4 is 5.97 Å². The summed E-state index contributed by atoms with van der Waals surface area (Å²) in [4.78, 5) is 12.1. The molecule has 0 aliphatic rings. The Labute approximate surface area is 190 Å². The molecule has 2 nitrogen and oxygen atoms in total. The molecule has 0 saturated carbocycles. The minimum absolute atomic E-state index is 0.168. The molecule has 0 spiro atoms. The van der Waals surface area contributed by atoms with Crippen LogP contribution in [0.15, 0.2) is 72.9 Å². The molecule has 0 amide bonds. The summed E-state index contributed by atoms with van der Waals surface area (Å²) in [6, 6.07) is 4.09. The van der Waals surface area contributed by atoms with Crippen LogP contribution in [0, 0.1) is 20.8 Å². The van der Waals surface area contributed by atoms with E-state index in [0.717, 1.165) is 56.1 Å². The quantitative estimate of drug-likeness (QED) is 0.131. The first-order chi connectivity index (χ1) is 15.0. The molecule has 168 valence electrons. The van der Waals surface area contributed by atoms with Crippen LogP contribution in [0.3, 0.4) is 0 Å². The molecule has 0 aliphatic carbocycles. The molecule has 0 bridgehead atoms. The summed E-state index contributed by atoms with van der Waals surface area (Å²) in [5.41, 5.74) is 3.21. The van der Waals surface area contributed by atoms with Gasteiger partial charge < -0.3 is 4.74 Å². The number of allylic oxidation sites excluding steroid dienone is 10. The Morgan fingerprint density at radius 2 is 1.16 bits per heavy atom. The van der Waals surface area contributed by atoms with E-state index in [-0.39, 0.29) is 5.97 Å². The van der Waals surface area contributed by atoms with Crippen molar-refractivity contribution in [2.24, 2.45) is 0 Å². The predicted molar refractivity (Wildman–Crippen MR) is 135 cm³/mol. The number of esters is 1. The average Bonchev–Trinajstić information content (AvgIpc) is 2.73. The number of carbonyl (C=O) groups excluding carboxylic acids is 1. The Hall–Kier alpha value is -2.61. The van der Waals surface area contributed by atoms with Crippen LogP contribution >= 0.6 is 0 Å². The molecule has 0 fully saturated rings. The highest BCUT2D eigenvalue weighted by Gasteiger charge is 2.09. The van der Waals surface area contributed by atoms with Crippen LogP contribution in [0.2, 0.25) is 0 Å². The highest BCUT2D eigenvalue weighted by atomic mass is 16.5. The second-order valence-electron chi connectivity index (χ2n) is 7.79. The van der Waals surface area contributed by atoms with Gasteiger partial charge in [-0.15, -0.1) is 0 Å². The summed E-state index contributed by atoms with van der Waals surface area (Å²) in [7, 11) is 0. The Balaban J connectivity index is 2.10. The van der Waals surface area contributed by atoms with E-state index in [9.17, 15) is 4.79 Å². The van der Waals surface area contributed by atoms with Gasteiger partial charge in [0.25, 0.3) is 0 Å². The van der Waals surface area contributed by atoms with Gasteiger partial charge in [0.05, 0.1) is 0 Å². The van der Waals surface area contributed by atoms with E-state index in [1.54, 1.807) is 0 Å². The minimum Gasteiger partial charge on any atom is -0.426 e. The van der Waals surface area contributed by atoms with E-state index in [1.807, 2.05) is 26.0 Å². The number of unbranched alkanes of at least 4 members (excludes halogenated alkanes) is 1. The zero-order chi connectivity index (χ0) is 22.7. The number of rotatable bonds is 14. The lowest BCUT2D eigenvalue weighted by atomic mass is 10.1. The fourth-order valence-electron chi connectivity index (χ4n) is 3.22. The lowest BCUT2D eigenvalue weighted by molar-refractivity contribution is -0.134. The van der Waals surface area contributed by atoms with E-state index in [1.165, 1.54) is 5.56 Å². The largest absolute Gasteiger partial charge is 0.426 e. The SMILES string of the molecule is CC/C=C\C/C=C\C/C=C\C/C=C\CC/C=C\CCC(=O)Oc1c(C)cc(C)cc1C. The molecule has 31 heavy (non-hydrogen) atoms. The van der Waals surface area contributed by atoms with Crippen molar-refractivity contribution in [2.75, 3.05) is 0 Å². The fourth-order valence-corrected chi connectivity index (χ4v) is 3.22. The van der Waals surface area contributed by atoms with Crippen molar-refractivity contribution in [3.63, 3.8) is 0 Å². The third-order valence-electron chi connectivity index (χ3n) is 4.72. The lowest BCUT2D eigenvalue weighted by Crippen LogP contribution is -2.09. The normalized spacial score (nSPS) is 12.4. The highest BCUT2D eigenvalue weighted by molar-refractivity contribution is 5.73. The summed E-state index contributed by atoms with van der Waals surface area (Å²) in [5, 5.41) is 0. The molecule has 0 atom stereocenters. The van der Waals surface area contributed by atoms with Gasteiger partial charge in [-0.2, -0.15) is 0 Å². The molecule has 1 rings (SSSR count). The van der Waals surface area contributed by atoms with E-state index >= 15 is 0 Å². The first kappa shape index (κ1) is 26.4. The molecule has 0 aromatic heterocycles. The van der Waals surface area contributed by atoms with Gasteiger partial charge in [-0.25, -0.2) is 0 Å². The molecule has 2 heteroatoms. The van der Waals surface area contributed by atoms with Gasteiger partial charge in [0.1, 0.15) is 5.75 Å². The van der Waals surface area contributed by atoms with Crippen LogP contribution in [-0.4, -0.2) is 5.97 Å². The topological polar surface area (TPSA) is 26.3 Å². The van der Waals surface area contributed by atoms with Crippen LogP contribution in [-0.2, 0) is 4.79 Å². The van der Waals surface area contributed by atoms with Gasteiger partial charge in [0, 0.05) is 6.42 Å². The molecule has 0 heterocycles. The molecule has 0 N–H and O–H groups in total. The Morgan fingerprint density at radius 3 is 1.71 bits per heavy atom. The van der Waals surface area contributed by atoms with Crippen molar-refractivity contribution in [2.45, 2.75) is 79.1 Å². The lowest BCUT2D eigenvalue weighted by Gasteiger charge is -2.11. The summed E-state index contributed by atoms with van der Waals surface area (Å²) < 4.78 is 5.56.